The van der Waals surface area contributed by atoms with Gasteiger partial charge >= 0.3 is 12.1 Å². The van der Waals surface area contributed by atoms with E-state index in [2.05, 4.69) is 23.3 Å². The van der Waals surface area contributed by atoms with Crippen LogP contribution in [0.1, 0.15) is 20.8 Å². The molecule has 3 N–H and O–H groups in total. The Bertz CT molecular complexity index is 382. The SMILES string of the molecule is COCC(NC(=O)OC(C)(C)C)C(=O)N[C@@H](CS)C(=O)O. The van der Waals surface area contributed by atoms with Crippen molar-refractivity contribution in [3.63, 3.8) is 0 Å². The summed E-state index contributed by atoms with van der Waals surface area (Å²) < 4.78 is 9.86. The highest BCUT2D eigenvalue weighted by Crippen LogP contribution is 2.07. The standard InChI is InChI=1S/C12H22N2O6S/c1-12(2,3)20-11(18)14-7(5-19-4)9(15)13-8(6-21)10(16)17/h7-8,21H,5-6H2,1-4H3,(H,13,15)(H,14,18)(H,16,17)/t7?,8-/m0/s1. The van der Waals surface area contributed by atoms with Crippen molar-refractivity contribution in [2.24, 2.45) is 0 Å². The van der Waals surface area contributed by atoms with Gasteiger partial charge in [-0.2, -0.15) is 12.6 Å². The average molecular weight is 322 g/mol. The largest absolute Gasteiger partial charge is 0.480 e. The lowest BCUT2D eigenvalue weighted by atomic mass is 10.2. The number of carboxylic acids is 1. The fourth-order valence-electron chi connectivity index (χ4n) is 1.26. The molecule has 0 heterocycles. The third-order valence-corrected chi connectivity index (χ3v) is 2.50. The van der Waals surface area contributed by atoms with E-state index in [1.54, 1.807) is 20.8 Å². The fourth-order valence-corrected chi connectivity index (χ4v) is 1.50. The van der Waals surface area contributed by atoms with Crippen molar-refractivity contribution >= 4 is 30.6 Å². The average Bonchev–Trinajstić information content (AvgIpc) is 2.32. The minimum Gasteiger partial charge on any atom is -0.480 e. The summed E-state index contributed by atoms with van der Waals surface area (Å²) in [7, 11) is 1.35. The molecule has 0 aromatic carbocycles. The number of carbonyl (C=O) groups is 3. The number of alkyl carbamates (subject to hydrolysis) is 1. The van der Waals surface area contributed by atoms with E-state index in [1.165, 1.54) is 7.11 Å². The molecule has 0 fully saturated rings. The van der Waals surface area contributed by atoms with Crippen molar-refractivity contribution in [2.45, 2.75) is 38.5 Å². The molecule has 2 atom stereocenters. The molecule has 0 spiro atoms. The first-order valence-corrected chi connectivity index (χ1v) is 6.86. The van der Waals surface area contributed by atoms with Crippen LogP contribution in [-0.4, -0.2) is 60.2 Å². The molecule has 21 heavy (non-hydrogen) atoms. The smallest absolute Gasteiger partial charge is 0.408 e. The molecular formula is C12H22N2O6S. The molecule has 0 rings (SSSR count). The maximum atomic E-state index is 11.9. The van der Waals surface area contributed by atoms with E-state index in [9.17, 15) is 14.4 Å². The zero-order valence-corrected chi connectivity index (χ0v) is 13.4. The Kier molecular flexibility index (Phi) is 8.11. The summed E-state index contributed by atoms with van der Waals surface area (Å²) in [6.45, 7) is 4.92. The highest BCUT2D eigenvalue weighted by molar-refractivity contribution is 7.80. The van der Waals surface area contributed by atoms with Crippen molar-refractivity contribution < 1.29 is 29.0 Å². The molecular weight excluding hydrogens is 300 g/mol. The summed E-state index contributed by atoms with van der Waals surface area (Å²) >= 11 is 3.84. The normalized spacial score (nSPS) is 14.0. The van der Waals surface area contributed by atoms with Crippen LogP contribution in [0.3, 0.4) is 0 Å². The minimum atomic E-state index is -1.22. The lowest BCUT2D eigenvalue weighted by molar-refractivity contribution is -0.141. The molecule has 0 aromatic heterocycles. The monoisotopic (exact) mass is 322 g/mol. The van der Waals surface area contributed by atoms with Gasteiger partial charge in [-0.1, -0.05) is 0 Å². The van der Waals surface area contributed by atoms with Crippen LogP contribution in [0.15, 0.2) is 0 Å². The van der Waals surface area contributed by atoms with Gasteiger partial charge in [0.25, 0.3) is 0 Å². The van der Waals surface area contributed by atoms with Crippen molar-refractivity contribution in [1.29, 1.82) is 0 Å². The molecule has 0 radical (unpaired) electrons. The number of nitrogens with one attached hydrogen (secondary N) is 2. The molecule has 1 unspecified atom stereocenters. The number of methoxy groups -OCH3 is 1. The van der Waals surface area contributed by atoms with Crippen LogP contribution in [-0.2, 0) is 19.1 Å². The van der Waals surface area contributed by atoms with Crippen LogP contribution in [0.4, 0.5) is 4.79 Å². The van der Waals surface area contributed by atoms with Crippen LogP contribution in [0.5, 0.6) is 0 Å². The zero-order valence-electron chi connectivity index (χ0n) is 12.5. The molecule has 0 saturated carbocycles. The fraction of sp³-hybridized carbons (Fsp3) is 0.750. The van der Waals surface area contributed by atoms with Crippen LogP contribution in [0.2, 0.25) is 0 Å². The number of rotatable bonds is 7. The highest BCUT2D eigenvalue weighted by Gasteiger charge is 2.27. The van der Waals surface area contributed by atoms with E-state index in [1.807, 2.05) is 0 Å². The summed E-state index contributed by atoms with van der Waals surface area (Å²) in [6, 6.07) is -2.22. The Morgan fingerprint density at radius 1 is 1.19 bits per heavy atom. The molecule has 0 aliphatic rings. The molecule has 122 valence electrons. The van der Waals surface area contributed by atoms with Gasteiger partial charge in [0, 0.05) is 12.9 Å². The molecule has 2 amide bonds. The van der Waals surface area contributed by atoms with Gasteiger partial charge in [0.15, 0.2) is 0 Å². The van der Waals surface area contributed by atoms with Gasteiger partial charge in [0.05, 0.1) is 6.61 Å². The van der Waals surface area contributed by atoms with Gasteiger partial charge in [-0.05, 0) is 20.8 Å². The Labute approximate surface area is 129 Å². The maximum absolute atomic E-state index is 11.9. The minimum absolute atomic E-state index is 0.0762. The van der Waals surface area contributed by atoms with Gasteiger partial charge in [-0.15, -0.1) is 0 Å². The summed E-state index contributed by atoms with van der Waals surface area (Å²) in [5.41, 5.74) is -0.715. The number of carbonyl (C=O) groups excluding carboxylic acids is 2. The lowest BCUT2D eigenvalue weighted by Gasteiger charge is -2.23. The highest BCUT2D eigenvalue weighted by atomic mass is 32.1. The Balaban J connectivity index is 4.70. The number of carboxylic acid groups (broad SMARTS) is 1. The Morgan fingerprint density at radius 2 is 1.76 bits per heavy atom. The second-order valence-electron chi connectivity index (χ2n) is 5.24. The van der Waals surface area contributed by atoms with Gasteiger partial charge in [-0.25, -0.2) is 9.59 Å². The maximum Gasteiger partial charge on any atom is 0.408 e. The molecule has 8 nitrogen and oxygen atoms in total. The topological polar surface area (TPSA) is 114 Å². The third kappa shape index (κ3) is 8.41. The third-order valence-electron chi connectivity index (χ3n) is 2.14. The number of aliphatic carboxylic acids is 1. The van der Waals surface area contributed by atoms with Crippen molar-refractivity contribution in [3.8, 4) is 0 Å². The van der Waals surface area contributed by atoms with Crippen LogP contribution in [0, 0.1) is 0 Å². The number of hydrogen-bond acceptors (Lipinski definition) is 6. The molecule has 0 aromatic rings. The van der Waals surface area contributed by atoms with Gasteiger partial charge in [0.2, 0.25) is 5.91 Å². The first-order valence-electron chi connectivity index (χ1n) is 6.23. The van der Waals surface area contributed by atoms with Gasteiger partial charge in [0.1, 0.15) is 17.7 Å². The second kappa shape index (κ2) is 8.73. The molecule has 9 heteroatoms. The Hall–Kier alpha value is -1.48. The summed E-state index contributed by atoms with van der Waals surface area (Å²) in [6.07, 6.45) is -0.794. The summed E-state index contributed by atoms with van der Waals surface area (Å²) in [4.78, 5) is 34.4. The van der Waals surface area contributed by atoms with E-state index in [0.29, 0.717) is 0 Å². The van der Waals surface area contributed by atoms with E-state index in [4.69, 9.17) is 14.6 Å². The van der Waals surface area contributed by atoms with Crippen molar-refractivity contribution in [3.05, 3.63) is 0 Å². The van der Waals surface area contributed by atoms with Crippen LogP contribution in [0.25, 0.3) is 0 Å². The van der Waals surface area contributed by atoms with E-state index in [-0.39, 0.29) is 12.4 Å². The van der Waals surface area contributed by atoms with Crippen LogP contribution >= 0.6 is 12.6 Å². The lowest BCUT2D eigenvalue weighted by Crippen LogP contribution is -2.54. The van der Waals surface area contributed by atoms with E-state index < -0.39 is 35.7 Å². The summed E-state index contributed by atoms with van der Waals surface area (Å²) in [5, 5.41) is 13.4. The molecule has 0 bridgehead atoms. The molecule has 0 saturated heterocycles. The second-order valence-corrected chi connectivity index (χ2v) is 5.60. The number of hydrogen-bond donors (Lipinski definition) is 4. The first-order chi connectivity index (χ1) is 9.60. The molecule has 0 aliphatic heterocycles. The van der Waals surface area contributed by atoms with E-state index >= 15 is 0 Å². The predicted molar refractivity (Wildman–Crippen MR) is 78.5 cm³/mol. The number of amides is 2. The molecule has 0 aliphatic carbocycles. The quantitative estimate of drug-likeness (QED) is 0.492. The zero-order chi connectivity index (χ0) is 16.6. The summed E-state index contributed by atoms with van der Waals surface area (Å²) in [5.74, 6) is -1.98. The van der Waals surface area contributed by atoms with Gasteiger partial charge in [-0.3, -0.25) is 4.79 Å². The number of ether oxygens (including phenoxy) is 2. The number of thiol groups is 1. The van der Waals surface area contributed by atoms with Crippen molar-refractivity contribution in [1.82, 2.24) is 10.6 Å². The predicted octanol–water partition coefficient (Wildman–Crippen LogP) is 0.0253. The van der Waals surface area contributed by atoms with Gasteiger partial charge < -0.3 is 25.2 Å². The first kappa shape index (κ1) is 19.5. The Morgan fingerprint density at radius 3 is 2.14 bits per heavy atom. The van der Waals surface area contributed by atoms with Crippen molar-refractivity contribution in [2.75, 3.05) is 19.5 Å². The van der Waals surface area contributed by atoms with Crippen LogP contribution < -0.4 is 10.6 Å². The van der Waals surface area contributed by atoms with E-state index in [0.717, 1.165) is 0 Å².